The van der Waals surface area contributed by atoms with E-state index >= 15 is 0 Å². The smallest absolute Gasteiger partial charge is 0.0214 e. The number of rotatable bonds is 7. The molecule has 0 radical (unpaired) electrons. The second-order valence-corrected chi connectivity index (χ2v) is 4.96. The maximum Gasteiger partial charge on any atom is 0.0214 e. The second kappa shape index (κ2) is 6.99. The van der Waals surface area contributed by atoms with Crippen molar-refractivity contribution in [3.63, 3.8) is 0 Å². The van der Waals surface area contributed by atoms with Crippen LogP contribution in [0, 0.1) is 0 Å². The van der Waals surface area contributed by atoms with Gasteiger partial charge in [0.1, 0.15) is 0 Å². The molecule has 0 amide bonds. The Kier molecular flexibility index (Phi) is 5.91. The molecule has 1 aromatic heterocycles. The Bertz CT molecular complexity index is 246. The molecular formula is C12H22N2S. The van der Waals surface area contributed by atoms with Crippen molar-refractivity contribution in [2.45, 2.75) is 25.8 Å². The maximum atomic E-state index is 3.25. The first kappa shape index (κ1) is 12.7. The summed E-state index contributed by atoms with van der Waals surface area (Å²) in [6.45, 7) is 4.49. The number of nitrogens with zero attached hydrogens (tertiary/aromatic N) is 1. The van der Waals surface area contributed by atoms with Crippen molar-refractivity contribution < 1.29 is 0 Å². The molecule has 86 valence electrons. The van der Waals surface area contributed by atoms with Crippen LogP contribution in [0.15, 0.2) is 17.5 Å². The molecule has 0 saturated carbocycles. The maximum absolute atomic E-state index is 3.25. The number of nitrogens with one attached hydrogen (secondary N) is 1. The lowest BCUT2D eigenvalue weighted by Crippen LogP contribution is -2.39. The summed E-state index contributed by atoms with van der Waals surface area (Å²) >= 11 is 1.86. The highest BCUT2D eigenvalue weighted by molar-refractivity contribution is 7.09. The topological polar surface area (TPSA) is 15.3 Å². The van der Waals surface area contributed by atoms with Crippen LogP contribution in [-0.4, -0.2) is 38.1 Å². The molecule has 0 aliphatic rings. The summed E-state index contributed by atoms with van der Waals surface area (Å²) in [6, 6.07) is 5.01. The van der Waals surface area contributed by atoms with E-state index in [9.17, 15) is 0 Å². The molecule has 3 heteroatoms. The highest BCUT2D eigenvalue weighted by atomic mass is 32.1. The molecule has 0 aliphatic carbocycles. The first-order chi connectivity index (χ1) is 7.27. The van der Waals surface area contributed by atoms with Gasteiger partial charge in [0.25, 0.3) is 0 Å². The predicted octanol–water partition coefficient (Wildman–Crippen LogP) is 2.22. The standard InChI is InChI=1S/C12H22N2S/c1-4-11(10-13-2)14(3)8-7-12-6-5-9-15-12/h5-6,9,11,13H,4,7-8,10H2,1-3H3. The lowest BCUT2D eigenvalue weighted by Gasteiger charge is -2.26. The third-order valence-electron chi connectivity index (χ3n) is 2.83. The van der Waals surface area contributed by atoms with Crippen LogP contribution in [-0.2, 0) is 6.42 Å². The summed E-state index contributed by atoms with van der Waals surface area (Å²) in [5, 5.41) is 5.41. The van der Waals surface area contributed by atoms with Crippen molar-refractivity contribution in [1.82, 2.24) is 10.2 Å². The number of hydrogen-bond acceptors (Lipinski definition) is 3. The quantitative estimate of drug-likeness (QED) is 0.767. The Morgan fingerprint density at radius 1 is 1.53 bits per heavy atom. The summed E-state index contributed by atoms with van der Waals surface area (Å²) in [7, 11) is 4.24. The summed E-state index contributed by atoms with van der Waals surface area (Å²) < 4.78 is 0. The van der Waals surface area contributed by atoms with Crippen LogP contribution in [0.4, 0.5) is 0 Å². The first-order valence-electron chi connectivity index (χ1n) is 5.65. The minimum atomic E-state index is 0.662. The van der Waals surface area contributed by atoms with E-state index < -0.39 is 0 Å². The summed E-state index contributed by atoms with van der Waals surface area (Å²) in [5.41, 5.74) is 0. The zero-order valence-electron chi connectivity index (χ0n) is 9.99. The van der Waals surface area contributed by atoms with Crippen LogP contribution < -0.4 is 5.32 Å². The van der Waals surface area contributed by atoms with Crippen molar-refractivity contribution in [2.24, 2.45) is 0 Å². The molecule has 0 spiro atoms. The van der Waals surface area contributed by atoms with Crippen LogP contribution in [0.25, 0.3) is 0 Å². The average molecular weight is 226 g/mol. The van der Waals surface area contributed by atoms with Gasteiger partial charge in [0.05, 0.1) is 0 Å². The van der Waals surface area contributed by atoms with Crippen LogP contribution >= 0.6 is 11.3 Å². The Labute approximate surface area is 97.3 Å². The summed E-state index contributed by atoms with van der Waals surface area (Å²) in [6.07, 6.45) is 2.39. The van der Waals surface area contributed by atoms with Crippen LogP contribution in [0.3, 0.4) is 0 Å². The lowest BCUT2D eigenvalue weighted by molar-refractivity contribution is 0.235. The third-order valence-corrected chi connectivity index (χ3v) is 3.76. The molecular weight excluding hydrogens is 204 g/mol. The van der Waals surface area contributed by atoms with Gasteiger partial charge >= 0.3 is 0 Å². The third kappa shape index (κ3) is 4.33. The Morgan fingerprint density at radius 3 is 2.87 bits per heavy atom. The van der Waals surface area contributed by atoms with Crippen LogP contribution in [0.5, 0.6) is 0 Å². The van der Waals surface area contributed by atoms with E-state index in [2.05, 4.69) is 41.7 Å². The zero-order valence-corrected chi connectivity index (χ0v) is 10.8. The minimum absolute atomic E-state index is 0.662. The Balaban J connectivity index is 2.30. The van der Waals surface area contributed by atoms with Crippen molar-refractivity contribution in [2.75, 3.05) is 27.2 Å². The van der Waals surface area contributed by atoms with Gasteiger partial charge in [-0.15, -0.1) is 11.3 Å². The summed E-state index contributed by atoms with van der Waals surface area (Å²) in [4.78, 5) is 3.94. The molecule has 0 aromatic carbocycles. The van der Waals surface area contributed by atoms with Gasteiger partial charge in [-0.1, -0.05) is 13.0 Å². The van der Waals surface area contributed by atoms with Crippen molar-refractivity contribution in [3.05, 3.63) is 22.4 Å². The van der Waals surface area contributed by atoms with Gasteiger partial charge in [-0.3, -0.25) is 0 Å². The average Bonchev–Trinajstić information content (AvgIpc) is 2.75. The fourth-order valence-corrected chi connectivity index (χ4v) is 2.47. The molecule has 0 fully saturated rings. The van der Waals surface area contributed by atoms with Gasteiger partial charge in [-0.2, -0.15) is 0 Å². The first-order valence-corrected chi connectivity index (χ1v) is 6.53. The van der Waals surface area contributed by atoms with Gasteiger partial charge in [-0.25, -0.2) is 0 Å². The second-order valence-electron chi connectivity index (χ2n) is 3.93. The van der Waals surface area contributed by atoms with Crippen LogP contribution in [0.2, 0.25) is 0 Å². The van der Waals surface area contributed by atoms with E-state index in [1.807, 2.05) is 18.4 Å². The van der Waals surface area contributed by atoms with E-state index in [0.29, 0.717) is 6.04 Å². The van der Waals surface area contributed by atoms with E-state index in [0.717, 1.165) is 13.1 Å². The molecule has 1 rings (SSSR count). The molecule has 2 nitrogen and oxygen atoms in total. The highest BCUT2D eigenvalue weighted by Gasteiger charge is 2.11. The zero-order chi connectivity index (χ0) is 11.1. The number of hydrogen-bond donors (Lipinski definition) is 1. The fraction of sp³-hybridized carbons (Fsp3) is 0.667. The molecule has 0 aliphatic heterocycles. The van der Waals surface area contributed by atoms with Gasteiger partial charge < -0.3 is 10.2 Å². The van der Waals surface area contributed by atoms with E-state index in [1.54, 1.807) is 0 Å². The van der Waals surface area contributed by atoms with Gasteiger partial charge in [0.2, 0.25) is 0 Å². The molecule has 1 atom stereocenters. The normalized spacial score (nSPS) is 13.3. The highest BCUT2D eigenvalue weighted by Crippen LogP contribution is 2.10. The van der Waals surface area contributed by atoms with Gasteiger partial charge in [0, 0.05) is 24.0 Å². The SMILES string of the molecule is CCC(CNC)N(C)CCc1cccs1. The van der Waals surface area contributed by atoms with Crippen molar-refractivity contribution in [1.29, 1.82) is 0 Å². The predicted molar refractivity (Wildman–Crippen MR) is 68.7 cm³/mol. The van der Waals surface area contributed by atoms with E-state index in [1.165, 1.54) is 17.7 Å². The minimum Gasteiger partial charge on any atom is -0.318 e. The number of likely N-dealkylation sites (N-methyl/N-ethyl adjacent to an activating group) is 2. The molecule has 1 aromatic rings. The molecule has 0 bridgehead atoms. The largest absolute Gasteiger partial charge is 0.318 e. The fourth-order valence-electron chi connectivity index (χ4n) is 1.77. The van der Waals surface area contributed by atoms with Gasteiger partial charge in [-0.05, 0) is 38.4 Å². The monoisotopic (exact) mass is 226 g/mol. The lowest BCUT2D eigenvalue weighted by atomic mass is 10.2. The van der Waals surface area contributed by atoms with E-state index in [-0.39, 0.29) is 0 Å². The summed E-state index contributed by atoms with van der Waals surface area (Å²) in [5.74, 6) is 0. The Hall–Kier alpha value is -0.380. The molecule has 15 heavy (non-hydrogen) atoms. The van der Waals surface area contributed by atoms with Crippen molar-refractivity contribution in [3.8, 4) is 0 Å². The molecule has 1 heterocycles. The van der Waals surface area contributed by atoms with Crippen LogP contribution in [0.1, 0.15) is 18.2 Å². The number of thiophene rings is 1. The van der Waals surface area contributed by atoms with E-state index in [4.69, 9.17) is 0 Å². The Morgan fingerprint density at radius 2 is 2.33 bits per heavy atom. The van der Waals surface area contributed by atoms with Crippen molar-refractivity contribution >= 4 is 11.3 Å². The molecule has 0 saturated heterocycles. The molecule has 1 unspecified atom stereocenters. The van der Waals surface area contributed by atoms with Gasteiger partial charge in [0.15, 0.2) is 0 Å². The molecule has 1 N–H and O–H groups in total.